The first-order chi connectivity index (χ1) is 9.16. The molecule has 3 rings (SSSR count). The molecule has 2 N–H and O–H groups in total. The summed E-state index contributed by atoms with van der Waals surface area (Å²) >= 11 is 0. The van der Waals surface area contributed by atoms with Gasteiger partial charge in [0, 0.05) is 19.4 Å². The van der Waals surface area contributed by atoms with E-state index in [0.717, 1.165) is 25.7 Å². The van der Waals surface area contributed by atoms with E-state index >= 15 is 0 Å². The van der Waals surface area contributed by atoms with Crippen LogP contribution in [0.5, 0.6) is 5.88 Å². The minimum Gasteiger partial charge on any atom is -0.493 e. The normalized spacial score (nSPS) is 16.1. The lowest BCUT2D eigenvalue weighted by molar-refractivity contribution is 0.436. The van der Waals surface area contributed by atoms with Crippen molar-refractivity contribution in [2.45, 2.75) is 31.6 Å². The Morgan fingerprint density at radius 2 is 2.16 bits per heavy atom. The molecular weight excluding hydrogens is 244 g/mol. The number of imidazole rings is 1. The van der Waals surface area contributed by atoms with Crippen LogP contribution in [0.1, 0.15) is 37.2 Å². The maximum atomic E-state index is 12.2. The molecule has 2 aromatic rings. The van der Waals surface area contributed by atoms with Gasteiger partial charge in [0.1, 0.15) is 0 Å². The standard InChI is InChI=1S/C13H16N4O2/c1-17-7-6-14-11(17)10-15-12(18)9(13(19)16-10)8-4-2-3-5-8/h6-8H,2-5H2,1H3,(H2,15,16,18,19). The lowest BCUT2D eigenvalue weighted by atomic mass is 10.00. The summed E-state index contributed by atoms with van der Waals surface area (Å²) in [5.41, 5.74) is 0.174. The third-order valence-corrected chi connectivity index (χ3v) is 3.73. The van der Waals surface area contributed by atoms with Crippen LogP contribution < -0.4 is 5.56 Å². The maximum Gasteiger partial charge on any atom is 0.258 e. The van der Waals surface area contributed by atoms with E-state index in [1.807, 2.05) is 7.05 Å². The predicted octanol–water partition coefficient (Wildman–Crippen LogP) is 1.53. The molecular formula is C13H16N4O2. The summed E-state index contributed by atoms with van der Waals surface area (Å²) in [4.78, 5) is 23.1. The number of nitrogens with one attached hydrogen (secondary N) is 1. The Morgan fingerprint density at radius 3 is 2.74 bits per heavy atom. The van der Waals surface area contributed by atoms with Crippen molar-refractivity contribution in [1.29, 1.82) is 0 Å². The van der Waals surface area contributed by atoms with Gasteiger partial charge in [0.05, 0.1) is 5.56 Å². The SMILES string of the molecule is Cn1ccnc1-c1nc(O)c(C2CCCC2)c(=O)[nH]1. The number of nitrogens with zero attached hydrogens (tertiary/aromatic N) is 3. The Hall–Kier alpha value is -2.11. The number of H-pyrrole nitrogens is 1. The van der Waals surface area contributed by atoms with Crippen molar-refractivity contribution in [3.8, 4) is 17.5 Å². The van der Waals surface area contributed by atoms with Crippen molar-refractivity contribution < 1.29 is 5.11 Å². The average molecular weight is 260 g/mol. The highest BCUT2D eigenvalue weighted by Crippen LogP contribution is 2.35. The van der Waals surface area contributed by atoms with Crippen molar-refractivity contribution in [3.05, 3.63) is 28.3 Å². The average Bonchev–Trinajstić information content (AvgIpc) is 2.99. The second kappa shape index (κ2) is 4.53. The monoisotopic (exact) mass is 260 g/mol. The molecule has 19 heavy (non-hydrogen) atoms. The van der Waals surface area contributed by atoms with E-state index in [0.29, 0.717) is 17.2 Å². The summed E-state index contributed by atoms with van der Waals surface area (Å²) in [5, 5.41) is 10.1. The second-order valence-corrected chi connectivity index (χ2v) is 4.99. The van der Waals surface area contributed by atoms with E-state index < -0.39 is 0 Å². The van der Waals surface area contributed by atoms with E-state index in [-0.39, 0.29) is 17.4 Å². The number of aryl methyl sites for hydroxylation is 1. The van der Waals surface area contributed by atoms with Gasteiger partial charge >= 0.3 is 0 Å². The molecule has 6 nitrogen and oxygen atoms in total. The third kappa shape index (κ3) is 2.03. The lowest BCUT2D eigenvalue weighted by Gasteiger charge is -2.10. The smallest absolute Gasteiger partial charge is 0.258 e. The molecule has 0 aromatic carbocycles. The van der Waals surface area contributed by atoms with Crippen LogP contribution in [0.3, 0.4) is 0 Å². The fourth-order valence-corrected chi connectivity index (χ4v) is 2.75. The minimum absolute atomic E-state index is 0.131. The van der Waals surface area contributed by atoms with Crippen LogP contribution in [0.4, 0.5) is 0 Å². The van der Waals surface area contributed by atoms with Crippen LogP contribution in [-0.2, 0) is 7.05 Å². The molecule has 0 spiro atoms. The first kappa shape index (κ1) is 12.0. The van der Waals surface area contributed by atoms with Gasteiger partial charge in [-0.05, 0) is 18.8 Å². The number of rotatable bonds is 2. The molecule has 0 aliphatic heterocycles. The molecule has 1 aliphatic carbocycles. The van der Waals surface area contributed by atoms with Crippen LogP contribution in [0, 0.1) is 0 Å². The molecule has 1 saturated carbocycles. The topological polar surface area (TPSA) is 83.8 Å². The first-order valence-electron chi connectivity index (χ1n) is 6.47. The van der Waals surface area contributed by atoms with Crippen LogP contribution in [0.15, 0.2) is 17.2 Å². The molecule has 6 heteroatoms. The van der Waals surface area contributed by atoms with E-state index in [1.54, 1.807) is 17.0 Å². The number of aromatic hydroxyl groups is 1. The summed E-state index contributed by atoms with van der Waals surface area (Å²) in [7, 11) is 1.81. The maximum absolute atomic E-state index is 12.2. The Morgan fingerprint density at radius 1 is 1.42 bits per heavy atom. The molecule has 2 heterocycles. The fraction of sp³-hybridized carbons (Fsp3) is 0.462. The van der Waals surface area contributed by atoms with Crippen molar-refractivity contribution in [1.82, 2.24) is 19.5 Å². The second-order valence-electron chi connectivity index (χ2n) is 4.99. The lowest BCUT2D eigenvalue weighted by Crippen LogP contribution is -2.18. The Balaban J connectivity index is 2.07. The van der Waals surface area contributed by atoms with Gasteiger partial charge in [-0.15, -0.1) is 0 Å². The quantitative estimate of drug-likeness (QED) is 0.857. The Bertz CT molecular complexity index is 653. The molecule has 0 amide bonds. The van der Waals surface area contributed by atoms with Gasteiger partial charge in [-0.1, -0.05) is 12.8 Å². The fourth-order valence-electron chi connectivity index (χ4n) is 2.75. The largest absolute Gasteiger partial charge is 0.493 e. The minimum atomic E-state index is -0.252. The molecule has 1 aliphatic rings. The highest BCUT2D eigenvalue weighted by molar-refractivity contribution is 5.46. The van der Waals surface area contributed by atoms with Crippen LogP contribution in [-0.4, -0.2) is 24.6 Å². The Labute approximate surface area is 110 Å². The number of hydrogen-bond acceptors (Lipinski definition) is 4. The summed E-state index contributed by atoms with van der Waals surface area (Å²) in [6, 6.07) is 0. The zero-order valence-electron chi connectivity index (χ0n) is 10.8. The van der Waals surface area contributed by atoms with Gasteiger partial charge in [-0.3, -0.25) is 4.79 Å². The van der Waals surface area contributed by atoms with Crippen LogP contribution in [0.25, 0.3) is 11.6 Å². The molecule has 0 atom stereocenters. The summed E-state index contributed by atoms with van der Waals surface area (Å²) in [6.45, 7) is 0. The molecule has 0 bridgehead atoms. The summed E-state index contributed by atoms with van der Waals surface area (Å²) in [6.07, 6.45) is 7.48. The molecule has 1 fully saturated rings. The molecule has 100 valence electrons. The third-order valence-electron chi connectivity index (χ3n) is 3.73. The van der Waals surface area contributed by atoms with Gasteiger partial charge < -0.3 is 14.7 Å². The van der Waals surface area contributed by atoms with Gasteiger partial charge in [0.15, 0.2) is 11.6 Å². The predicted molar refractivity (Wildman–Crippen MR) is 69.9 cm³/mol. The van der Waals surface area contributed by atoms with E-state index in [4.69, 9.17) is 0 Å². The molecule has 0 saturated heterocycles. The van der Waals surface area contributed by atoms with E-state index in [1.165, 1.54) is 0 Å². The summed E-state index contributed by atoms with van der Waals surface area (Å²) in [5.74, 6) is 0.808. The van der Waals surface area contributed by atoms with Gasteiger partial charge in [0.2, 0.25) is 5.88 Å². The van der Waals surface area contributed by atoms with Crippen LogP contribution >= 0.6 is 0 Å². The molecule has 0 radical (unpaired) electrons. The highest BCUT2D eigenvalue weighted by Gasteiger charge is 2.25. The molecule has 0 unspecified atom stereocenters. The van der Waals surface area contributed by atoms with Gasteiger partial charge in [0.25, 0.3) is 5.56 Å². The zero-order chi connectivity index (χ0) is 13.4. The first-order valence-corrected chi connectivity index (χ1v) is 6.47. The number of hydrogen-bond donors (Lipinski definition) is 2. The van der Waals surface area contributed by atoms with Crippen molar-refractivity contribution in [2.24, 2.45) is 7.05 Å². The van der Waals surface area contributed by atoms with Gasteiger partial charge in [-0.25, -0.2) is 4.98 Å². The summed E-state index contributed by atoms with van der Waals surface area (Å²) < 4.78 is 1.74. The van der Waals surface area contributed by atoms with E-state index in [9.17, 15) is 9.90 Å². The Kier molecular flexibility index (Phi) is 2.85. The number of aromatic amines is 1. The van der Waals surface area contributed by atoms with E-state index in [2.05, 4.69) is 15.0 Å². The number of aromatic nitrogens is 4. The van der Waals surface area contributed by atoms with Crippen molar-refractivity contribution in [2.75, 3.05) is 0 Å². The zero-order valence-corrected chi connectivity index (χ0v) is 10.8. The molecule has 2 aromatic heterocycles. The van der Waals surface area contributed by atoms with Crippen LogP contribution in [0.2, 0.25) is 0 Å². The highest BCUT2D eigenvalue weighted by atomic mass is 16.3. The van der Waals surface area contributed by atoms with Gasteiger partial charge in [-0.2, -0.15) is 4.98 Å². The van der Waals surface area contributed by atoms with Crippen molar-refractivity contribution in [3.63, 3.8) is 0 Å². The van der Waals surface area contributed by atoms with Crippen molar-refractivity contribution >= 4 is 0 Å².